The minimum absolute atomic E-state index is 0.480. The molecule has 7 nitrogen and oxygen atoms in total. The number of H-pyrrole nitrogens is 1. The zero-order valence-corrected chi connectivity index (χ0v) is 16.0. The van der Waals surface area contributed by atoms with Gasteiger partial charge in [-0.1, -0.05) is 6.07 Å². The molecule has 0 saturated heterocycles. The zero-order valence-electron chi connectivity index (χ0n) is 16.0. The average molecular weight is 382 g/mol. The van der Waals surface area contributed by atoms with Gasteiger partial charge >= 0.3 is 0 Å². The molecule has 0 aliphatic rings. The fourth-order valence-corrected chi connectivity index (χ4v) is 3.06. The molecule has 0 unspecified atom stereocenters. The molecular weight excluding hydrogens is 364 g/mol. The van der Waals surface area contributed by atoms with Crippen molar-refractivity contribution in [2.75, 3.05) is 12.4 Å². The van der Waals surface area contributed by atoms with E-state index in [9.17, 15) is 0 Å². The molecule has 4 aromatic rings. The van der Waals surface area contributed by atoms with Gasteiger partial charge < -0.3 is 10.1 Å². The lowest BCUT2D eigenvalue weighted by atomic mass is 10.1. The highest BCUT2D eigenvalue weighted by atomic mass is 16.5. The van der Waals surface area contributed by atoms with Gasteiger partial charge in [0.1, 0.15) is 17.6 Å². The quantitative estimate of drug-likeness (QED) is 0.528. The van der Waals surface area contributed by atoms with E-state index in [2.05, 4.69) is 31.6 Å². The highest BCUT2D eigenvalue weighted by molar-refractivity contribution is 5.80. The van der Waals surface area contributed by atoms with Gasteiger partial charge in [-0.25, -0.2) is 4.98 Å². The number of pyridine rings is 2. The maximum absolute atomic E-state index is 9.13. The van der Waals surface area contributed by atoms with Crippen LogP contribution in [0.5, 0.6) is 5.75 Å². The number of methoxy groups -OCH3 is 1. The van der Waals surface area contributed by atoms with Crippen LogP contribution in [0.15, 0.2) is 60.9 Å². The van der Waals surface area contributed by atoms with Crippen molar-refractivity contribution in [3.63, 3.8) is 0 Å². The van der Waals surface area contributed by atoms with Gasteiger partial charge in [-0.15, -0.1) is 0 Å². The van der Waals surface area contributed by atoms with Crippen LogP contribution < -0.4 is 10.1 Å². The monoisotopic (exact) mass is 382 g/mol. The molecule has 0 radical (unpaired) electrons. The molecule has 142 valence electrons. The van der Waals surface area contributed by atoms with Gasteiger partial charge in [0, 0.05) is 29.2 Å². The number of aromatic nitrogens is 4. The molecular formula is C22H18N6O. The number of benzene rings is 1. The number of anilines is 2. The lowest BCUT2D eigenvalue weighted by Crippen LogP contribution is -1.96. The highest BCUT2D eigenvalue weighted by Gasteiger charge is 2.12. The first-order valence-corrected chi connectivity index (χ1v) is 8.97. The predicted molar refractivity (Wildman–Crippen MR) is 111 cm³/mol. The lowest BCUT2D eigenvalue weighted by molar-refractivity contribution is 0.413. The first kappa shape index (κ1) is 18.2. The first-order valence-electron chi connectivity index (χ1n) is 8.97. The van der Waals surface area contributed by atoms with Crippen molar-refractivity contribution in [3.8, 4) is 34.3 Å². The topological polar surface area (TPSA) is 99.5 Å². The summed E-state index contributed by atoms with van der Waals surface area (Å²) in [6, 6.07) is 17.1. The minimum atomic E-state index is 0.480. The van der Waals surface area contributed by atoms with Gasteiger partial charge in [-0.05, 0) is 48.9 Å². The van der Waals surface area contributed by atoms with Crippen LogP contribution in [-0.2, 0) is 0 Å². The molecule has 0 atom stereocenters. The molecule has 0 aliphatic heterocycles. The van der Waals surface area contributed by atoms with E-state index in [0.29, 0.717) is 17.1 Å². The van der Waals surface area contributed by atoms with Crippen molar-refractivity contribution in [2.45, 2.75) is 6.92 Å². The Morgan fingerprint density at radius 2 is 2.03 bits per heavy atom. The van der Waals surface area contributed by atoms with Gasteiger partial charge in [-0.2, -0.15) is 10.4 Å². The summed E-state index contributed by atoms with van der Waals surface area (Å²) in [4.78, 5) is 8.98. The summed E-state index contributed by atoms with van der Waals surface area (Å²) in [5.41, 5.74) is 5.77. The Morgan fingerprint density at radius 3 is 2.83 bits per heavy atom. The summed E-state index contributed by atoms with van der Waals surface area (Å²) < 4.78 is 5.27. The Labute approximate surface area is 168 Å². The molecule has 7 heteroatoms. The number of nitrogens with one attached hydrogen (secondary N) is 2. The Kier molecular flexibility index (Phi) is 4.91. The summed E-state index contributed by atoms with van der Waals surface area (Å²) in [5.74, 6) is 1.18. The third-order valence-corrected chi connectivity index (χ3v) is 4.45. The predicted octanol–water partition coefficient (Wildman–Crippen LogP) is 4.47. The summed E-state index contributed by atoms with van der Waals surface area (Å²) in [6.45, 7) is 1.96. The number of hydrogen-bond donors (Lipinski definition) is 2. The maximum atomic E-state index is 9.13. The highest BCUT2D eigenvalue weighted by Crippen LogP contribution is 2.31. The number of hydrogen-bond acceptors (Lipinski definition) is 6. The smallest absolute Gasteiger partial charge is 0.138 e. The average Bonchev–Trinajstić information content (AvgIpc) is 3.24. The molecule has 3 heterocycles. The fourth-order valence-electron chi connectivity index (χ4n) is 3.06. The van der Waals surface area contributed by atoms with Gasteiger partial charge in [0.25, 0.3) is 0 Å². The van der Waals surface area contributed by atoms with Gasteiger partial charge in [0.15, 0.2) is 0 Å². The first-order chi connectivity index (χ1) is 14.2. The van der Waals surface area contributed by atoms with Gasteiger partial charge in [-0.3, -0.25) is 10.1 Å². The van der Waals surface area contributed by atoms with Crippen LogP contribution >= 0.6 is 0 Å². The second-order valence-electron chi connectivity index (χ2n) is 6.40. The van der Waals surface area contributed by atoms with E-state index in [1.165, 1.54) is 0 Å². The number of ether oxygens (including phenoxy) is 1. The molecule has 1 aromatic carbocycles. The summed E-state index contributed by atoms with van der Waals surface area (Å²) in [7, 11) is 1.54. The second kappa shape index (κ2) is 7.82. The molecule has 29 heavy (non-hydrogen) atoms. The molecule has 0 fully saturated rings. The summed E-state index contributed by atoms with van der Waals surface area (Å²) in [6.07, 6.45) is 3.52. The molecule has 0 saturated carbocycles. The summed E-state index contributed by atoms with van der Waals surface area (Å²) >= 11 is 0. The SMILES string of the molecule is COc1cc(Nc2cc(-c3cn[nH]c3-c3cccc(C)n3)ccn2)ccc1C#N. The van der Waals surface area contributed by atoms with Crippen molar-refractivity contribution in [1.82, 2.24) is 20.2 Å². The molecule has 0 bridgehead atoms. The fraction of sp³-hybridized carbons (Fsp3) is 0.0909. The number of nitrogens with zero attached hydrogens (tertiary/aromatic N) is 4. The summed E-state index contributed by atoms with van der Waals surface area (Å²) in [5, 5.41) is 19.6. The minimum Gasteiger partial charge on any atom is -0.495 e. The van der Waals surface area contributed by atoms with E-state index >= 15 is 0 Å². The number of nitriles is 1. The van der Waals surface area contributed by atoms with Crippen molar-refractivity contribution in [1.29, 1.82) is 5.26 Å². The van der Waals surface area contributed by atoms with E-state index in [0.717, 1.165) is 33.9 Å². The maximum Gasteiger partial charge on any atom is 0.138 e. The van der Waals surface area contributed by atoms with Crippen LogP contribution in [0.3, 0.4) is 0 Å². The molecule has 2 N–H and O–H groups in total. The number of rotatable bonds is 5. The van der Waals surface area contributed by atoms with Crippen molar-refractivity contribution in [2.24, 2.45) is 0 Å². The van der Waals surface area contributed by atoms with Crippen molar-refractivity contribution >= 4 is 11.5 Å². The molecule has 3 aromatic heterocycles. The molecule has 0 spiro atoms. The van der Waals surface area contributed by atoms with Crippen LogP contribution in [0, 0.1) is 18.3 Å². The van der Waals surface area contributed by atoms with Crippen LogP contribution in [0.25, 0.3) is 22.5 Å². The van der Waals surface area contributed by atoms with Gasteiger partial charge in [0.05, 0.1) is 30.3 Å². The van der Waals surface area contributed by atoms with Crippen LogP contribution in [0.4, 0.5) is 11.5 Å². The second-order valence-corrected chi connectivity index (χ2v) is 6.40. The molecule has 4 rings (SSSR count). The Morgan fingerprint density at radius 1 is 1.14 bits per heavy atom. The molecule has 0 amide bonds. The van der Waals surface area contributed by atoms with Gasteiger partial charge in [0.2, 0.25) is 0 Å². The van der Waals surface area contributed by atoms with E-state index in [4.69, 9.17) is 10.00 Å². The van der Waals surface area contributed by atoms with Crippen LogP contribution in [-0.4, -0.2) is 27.3 Å². The number of aromatic amines is 1. The van der Waals surface area contributed by atoms with E-state index in [1.807, 2.05) is 43.3 Å². The third kappa shape index (κ3) is 3.77. The van der Waals surface area contributed by atoms with E-state index in [-0.39, 0.29) is 0 Å². The lowest BCUT2D eigenvalue weighted by Gasteiger charge is -2.10. The van der Waals surface area contributed by atoms with Crippen molar-refractivity contribution in [3.05, 3.63) is 72.2 Å². The normalized spacial score (nSPS) is 10.4. The van der Waals surface area contributed by atoms with E-state index < -0.39 is 0 Å². The number of aryl methyl sites for hydroxylation is 1. The zero-order chi connectivity index (χ0) is 20.2. The standard InChI is InChI=1S/C22H18N6O/c1-14-4-3-5-19(26-14)22-18(13-25-28-22)15-8-9-24-21(10-15)27-17-7-6-16(12-23)20(11-17)29-2/h3-11,13H,1-2H3,(H,24,27)(H,25,28). The van der Waals surface area contributed by atoms with Crippen LogP contribution in [0.2, 0.25) is 0 Å². The largest absolute Gasteiger partial charge is 0.495 e. The third-order valence-electron chi connectivity index (χ3n) is 4.45. The van der Waals surface area contributed by atoms with Crippen molar-refractivity contribution < 1.29 is 4.74 Å². The Bertz CT molecular complexity index is 1210. The van der Waals surface area contributed by atoms with E-state index in [1.54, 1.807) is 31.6 Å². The molecule has 0 aliphatic carbocycles. The van der Waals surface area contributed by atoms with Crippen LogP contribution in [0.1, 0.15) is 11.3 Å². The Balaban J connectivity index is 1.66. The Hall–Kier alpha value is -4.18.